The van der Waals surface area contributed by atoms with Crippen LogP contribution in [0.25, 0.3) is 0 Å². The van der Waals surface area contributed by atoms with Crippen molar-refractivity contribution in [3.63, 3.8) is 0 Å². The van der Waals surface area contributed by atoms with Crippen molar-refractivity contribution >= 4 is 17.5 Å². The van der Waals surface area contributed by atoms with Crippen LogP contribution in [0.3, 0.4) is 0 Å². The third kappa shape index (κ3) is 5.58. The van der Waals surface area contributed by atoms with Gasteiger partial charge in [-0.15, -0.1) is 13.2 Å². The lowest BCUT2D eigenvalue weighted by Crippen LogP contribution is -2.49. The lowest BCUT2D eigenvalue weighted by molar-refractivity contribution is -0.274. The summed E-state index contributed by atoms with van der Waals surface area (Å²) in [5, 5.41) is 2.45. The number of hydrogen-bond donors (Lipinski definition) is 1. The summed E-state index contributed by atoms with van der Waals surface area (Å²) in [6, 6.07) is 11.7. The first kappa shape index (κ1) is 25.0. The van der Waals surface area contributed by atoms with Crippen molar-refractivity contribution < 1.29 is 40.7 Å². The van der Waals surface area contributed by atoms with Gasteiger partial charge >= 0.3 is 12.5 Å². The molecular formula is C24H17F6N3O3. The Morgan fingerprint density at radius 1 is 1.00 bits per heavy atom. The second-order valence-electron chi connectivity index (χ2n) is 7.91. The molecule has 1 aliphatic heterocycles. The van der Waals surface area contributed by atoms with Crippen LogP contribution in [0.2, 0.25) is 0 Å². The maximum absolute atomic E-state index is 13.5. The number of fused-ring (bicyclic) bond motifs is 1. The first-order valence-electron chi connectivity index (χ1n) is 10.5. The molecule has 1 aromatic heterocycles. The average molecular weight is 509 g/mol. The molecule has 0 aliphatic carbocycles. The highest BCUT2D eigenvalue weighted by Crippen LogP contribution is 2.44. The van der Waals surface area contributed by atoms with Gasteiger partial charge in [0.15, 0.2) is 0 Å². The van der Waals surface area contributed by atoms with E-state index in [1.165, 1.54) is 60.9 Å². The van der Waals surface area contributed by atoms with Crippen molar-refractivity contribution in [3.8, 4) is 5.75 Å². The van der Waals surface area contributed by atoms with E-state index in [2.05, 4.69) is 15.0 Å². The molecule has 0 bridgehead atoms. The number of halogens is 6. The van der Waals surface area contributed by atoms with Crippen molar-refractivity contribution in [2.24, 2.45) is 0 Å². The number of carbonyl (C=O) groups excluding carboxylic acids is 2. The fourth-order valence-electron chi connectivity index (χ4n) is 4.16. The molecule has 0 saturated carbocycles. The number of hydrogen-bond acceptors (Lipinski definition) is 4. The number of ether oxygens (including phenoxy) is 1. The first-order chi connectivity index (χ1) is 16.9. The van der Waals surface area contributed by atoms with E-state index in [0.717, 1.165) is 12.1 Å². The Morgan fingerprint density at radius 3 is 2.42 bits per heavy atom. The van der Waals surface area contributed by atoms with Crippen molar-refractivity contribution in [3.05, 3.63) is 89.7 Å². The summed E-state index contributed by atoms with van der Waals surface area (Å²) < 4.78 is 82.2. The van der Waals surface area contributed by atoms with Gasteiger partial charge < -0.3 is 15.0 Å². The SMILES string of the molecule is O=C(Nc1cccc(OC(F)(F)F)c1)[C@H]1c2ccccc2C(=O)N(CC(F)(F)F)[C@@H]1c1cccnc1. The summed E-state index contributed by atoms with van der Waals surface area (Å²) >= 11 is 0. The molecular weight excluding hydrogens is 492 g/mol. The lowest BCUT2D eigenvalue weighted by atomic mass is 9.79. The zero-order chi connectivity index (χ0) is 26.1. The summed E-state index contributed by atoms with van der Waals surface area (Å²) in [5.41, 5.74) is 0.188. The normalized spacial score (nSPS) is 17.9. The number of benzene rings is 2. The van der Waals surface area contributed by atoms with Crippen LogP contribution >= 0.6 is 0 Å². The zero-order valence-electron chi connectivity index (χ0n) is 18.2. The van der Waals surface area contributed by atoms with Crippen LogP contribution in [0.5, 0.6) is 5.75 Å². The number of anilines is 1. The summed E-state index contributed by atoms with van der Waals surface area (Å²) in [6.45, 7) is -1.63. The number of alkyl halides is 6. The highest BCUT2D eigenvalue weighted by Gasteiger charge is 2.47. The maximum Gasteiger partial charge on any atom is 0.573 e. The minimum atomic E-state index is -4.96. The Balaban J connectivity index is 1.78. The van der Waals surface area contributed by atoms with Gasteiger partial charge in [-0.3, -0.25) is 14.6 Å². The van der Waals surface area contributed by atoms with E-state index in [4.69, 9.17) is 0 Å². The zero-order valence-corrected chi connectivity index (χ0v) is 18.2. The summed E-state index contributed by atoms with van der Waals surface area (Å²) in [5.74, 6) is -3.68. The fourth-order valence-corrected chi connectivity index (χ4v) is 4.16. The molecule has 2 atom stereocenters. The van der Waals surface area contributed by atoms with Crippen LogP contribution in [-0.2, 0) is 4.79 Å². The third-order valence-corrected chi connectivity index (χ3v) is 5.43. The van der Waals surface area contributed by atoms with E-state index in [1.54, 1.807) is 0 Å². The molecule has 188 valence electrons. The molecule has 0 saturated heterocycles. The predicted molar refractivity (Wildman–Crippen MR) is 115 cm³/mol. The topological polar surface area (TPSA) is 71.5 Å². The largest absolute Gasteiger partial charge is 0.573 e. The summed E-state index contributed by atoms with van der Waals surface area (Å²) in [4.78, 5) is 31.1. The Kier molecular flexibility index (Phi) is 6.61. The van der Waals surface area contributed by atoms with Crippen molar-refractivity contribution in [1.82, 2.24) is 9.88 Å². The molecule has 2 heterocycles. The maximum atomic E-state index is 13.5. The predicted octanol–water partition coefficient (Wildman–Crippen LogP) is 5.46. The third-order valence-electron chi connectivity index (χ3n) is 5.43. The second kappa shape index (κ2) is 9.51. The van der Waals surface area contributed by atoms with Gasteiger partial charge in [0, 0.05) is 29.7 Å². The Bertz CT molecular complexity index is 1260. The molecule has 36 heavy (non-hydrogen) atoms. The van der Waals surface area contributed by atoms with E-state index in [-0.39, 0.29) is 22.4 Å². The Morgan fingerprint density at radius 2 is 1.75 bits per heavy atom. The van der Waals surface area contributed by atoms with Gasteiger partial charge in [0.2, 0.25) is 5.91 Å². The van der Waals surface area contributed by atoms with E-state index in [1.807, 2.05) is 0 Å². The molecule has 0 spiro atoms. The molecule has 0 fully saturated rings. The van der Waals surface area contributed by atoms with E-state index < -0.39 is 48.6 Å². The average Bonchev–Trinajstić information content (AvgIpc) is 2.79. The number of rotatable bonds is 5. The molecule has 1 aliphatic rings. The van der Waals surface area contributed by atoms with Crippen molar-refractivity contribution in [1.29, 1.82) is 0 Å². The minimum Gasteiger partial charge on any atom is -0.406 e. The number of nitrogens with one attached hydrogen (secondary N) is 1. The number of amides is 2. The second-order valence-corrected chi connectivity index (χ2v) is 7.91. The van der Waals surface area contributed by atoms with Gasteiger partial charge in [-0.1, -0.05) is 30.3 Å². The van der Waals surface area contributed by atoms with Gasteiger partial charge in [0.25, 0.3) is 5.91 Å². The van der Waals surface area contributed by atoms with Crippen LogP contribution < -0.4 is 10.1 Å². The molecule has 2 aromatic carbocycles. The Hall–Kier alpha value is -4.09. The quantitative estimate of drug-likeness (QED) is 0.464. The van der Waals surface area contributed by atoms with Crippen LogP contribution in [0, 0.1) is 0 Å². The molecule has 12 heteroatoms. The van der Waals surface area contributed by atoms with Crippen molar-refractivity contribution in [2.75, 3.05) is 11.9 Å². The standard InChI is InChI=1S/C24H17F6N3O3/c25-23(26,27)13-33-20(14-5-4-10-31-12-14)19(17-8-1-2-9-18(17)22(33)35)21(34)32-15-6-3-7-16(11-15)36-24(28,29)30/h1-12,19-20H,13H2,(H,32,34)/t19-,20+/m0/s1. The monoisotopic (exact) mass is 509 g/mol. The highest BCUT2D eigenvalue weighted by molar-refractivity contribution is 6.04. The van der Waals surface area contributed by atoms with E-state index >= 15 is 0 Å². The molecule has 4 rings (SSSR count). The number of pyridine rings is 1. The van der Waals surface area contributed by atoms with Crippen LogP contribution in [0.1, 0.15) is 33.4 Å². The fraction of sp³-hybridized carbons (Fsp3) is 0.208. The first-order valence-corrected chi connectivity index (χ1v) is 10.5. The van der Waals surface area contributed by atoms with Crippen molar-refractivity contribution in [2.45, 2.75) is 24.5 Å². The van der Waals surface area contributed by atoms with Gasteiger partial charge in [0.05, 0.1) is 12.0 Å². The van der Waals surface area contributed by atoms with Gasteiger partial charge in [-0.25, -0.2) is 0 Å². The van der Waals surface area contributed by atoms with Crippen LogP contribution in [0.4, 0.5) is 32.0 Å². The molecule has 6 nitrogen and oxygen atoms in total. The van der Waals surface area contributed by atoms with E-state index in [9.17, 15) is 35.9 Å². The molecule has 0 unspecified atom stereocenters. The van der Waals surface area contributed by atoms with Crippen LogP contribution in [0.15, 0.2) is 73.1 Å². The molecule has 2 amide bonds. The van der Waals surface area contributed by atoms with Gasteiger partial charge in [-0.05, 0) is 35.4 Å². The Labute approximate surface area is 200 Å². The number of aromatic nitrogens is 1. The lowest BCUT2D eigenvalue weighted by Gasteiger charge is -2.41. The number of carbonyl (C=O) groups is 2. The summed E-state index contributed by atoms with van der Waals surface area (Å²) in [7, 11) is 0. The molecule has 3 aromatic rings. The summed E-state index contributed by atoms with van der Waals surface area (Å²) in [6.07, 6.45) is -7.09. The minimum absolute atomic E-state index is 0.0801. The molecule has 0 radical (unpaired) electrons. The molecule has 1 N–H and O–H groups in total. The van der Waals surface area contributed by atoms with Gasteiger partial charge in [-0.2, -0.15) is 13.2 Å². The highest BCUT2D eigenvalue weighted by atomic mass is 19.4. The van der Waals surface area contributed by atoms with Crippen LogP contribution in [-0.4, -0.2) is 40.8 Å². The smallest absolute Gasteiger partial charge is 0.406 e. The van der Waals surface area contributed by atoms with Gasteiger partial charge in [0.1, 0.15) is 12.3 Å². The number of nitrogens with zero attached hydrogens (tertiary/aromatic N) is 2. The van der Waals surface area contributed by atoms with E-state index in [0.29, 0.717) is 4.90 Å².